The maximum Gasteiger partial charge on any atom is 0.137 e. The fourth-order valence-corrected chi connectivity index (χ4v) is 4.11. The van der Waals surface area contributed by atoms with Crippen LogP contribution in [0.5, 0.6) is 0 Å². The van der Waals surface area contributed by atoms with E-state index in [1.165, 1.54) is 11.8 Å². The molecule has 2 aliphatic heterocycles. The second-order valence-corrected chi connectivity index (χ2v) is 8.08. The van der Waals surface area contributed by atoms with Crippen molar-refractivity contribution < 1.29 is 30.3 Å². The van der Waals surface area contributed by atoms with Gasteiger partial charge >= 0.3 is 0 Å². The van der Waals surface area contributed by atoms with E-state index in [9.17, 15) is 0 Å². The maximum absolute atomic E-state index is 8.92. The number of rotatable bonds is 11. The number of fused-ring (bicyclic) bond motifs is 2. The molecule has 4 rings (SSSR count). The first-order valence-electron chi connectivity index (χ1n) is 14.7. The highest BCUT2D eigenvalue weighted by Crippen LogP contribution is 2.40. The van der Waals surface area contributed by atoms with Crippen LogP contribution in [0.3, 0.4) is 0 Å². The molecule has 1 N–H and O–H groups in total. The van der Waals surface area contributed by atoms with E-state index in [1.54, 1.807) is 36.4 Å². The van der Waals surface area contributed by atoms with Crippen LogP contribution in [0.25, 0.3) is 0 Å². The maximum atomic E-state index is 8.92. The molecule has 0 atom stereocenters. The van der Waals surface area contributed by atoms with E-state index >= 15 is 0 Å². The Morgan fingerprint density at radius 1 is 0.818 bits per heavy atom. The predicted molar refractivity (Wildman–Crippen MR) is 131 cm³/mol. The molecular weight excluding hydrogens is 438 g/mol. The zero-order chi connectivity index (χ0) is 29.9. The van der Waals surface area contributed by atoms with Crippen molar-refractivity contribution in [3.8, 4) is 0 Å². The van der Waals surface area contributed by atoms with E-state index in [2.05, 4.69) is 4.99 Å². The Hall–Kier alpha value is -1.94. The summed E-state index contributed by atoms with van der Waals surface area (Å²) in [6.07, 6.45) is 0. The lowest BCUT2D eigenvalue weighted by Gasteiger charge is -2.36. The molecule has 2 aliphatic rings. The highest BCUT2D eigenvalue weighted by Gasteiger charge is 2.25. The number of aliphatic hydroxyl groups is 1. The minimum atomic E-state index is -3.06. The standard InChI is InChI=1S/C25H33N3O4S/c29-14-16-31-18-20-32-19-17-30-15-13-27-9-11-28(12-10-27)25-21-5-1-3-7-23(21)33-24-8-4-2-6-22(24)26-25/h1-8,29H,9-20H2/i9D2,10D2,11D2,12D2. The summed E-state index contributed by atoms with van der Waals surface area (Å²) in [6.45, 7) is -11.7. The third-order valence-corrected chi connectivity index (χ3v) is 5.82. The van der Waals surface area contributed by atoms with Gasteiger partial charge in [0.25, 0.3) is 0 Å². The molecule has 0 radical (unpaired) electrons. The van der Waals surface area contributed by atoms with E-state index in [4.69, 9.17) is 30.3 Å². The van der Waals surface area contributed by atoms with Gasteiger partial charge in [0.1, 0.15) is 5.84 Å². The SMILES string of the molecule is [2H]C1([2H])N(CCOCCOCCOCCO)C([2H])([2H])C([2H])([2H])N(C2=Nc3ccccc3Sc3ccccc32)C1([2H])[2H]. The first-order chi connectivity index (χ1) is 19.4. The molecule has 2 heterocycles. The number of benzene rings is 2. The van der Waals surface area contributed by atoms with Crippen molar-refractivity contribution in [3.63, 3.8) is 0 Å². The average molecular weight is 480 g/mol. The minimum Gasteiger partial charge on any atom is -0.394 e. The van der Waals surface area contributed by atoms with Gasteiger partial charge in [0, 0.05) is 53.4 Å². The highest BCUT2D eigenvalue weighted by molar-refractivity contribution is 7.99. The average Bonchev–Trinajstić information content (AvgIpc) is 3.07. The third kappa shape index (κ3) is 7.02. The molecule has 0 aromatic heterocycles. The smallest absolute Gasteiger partial charge is 0.137 e. The summed E-state index contributed by atoms with van der Waals surface area (Å²) in [5.41, 5.74) is 0.807. The van der Waals surface area contributed by atoms with Crippen LogP contribution in [0.2, 0.25) is 0 Å². The second-order valence-electron chi connectivity index (χ2n) is 7.00. The van der Waals surface area contributed by atoms with E-state index in [0.29, 0.717) is 32.6 Å². The zero-order valence-electron chi connectivity index (χ0n) is 26.2. The van der Waals surface area contributed by atoms with Crippen LogP contribution in [0, 0.1) is 0 Å². The van der Waals surface area contributed by atoms with Gasteiger partial charge in [-0.1, -0.05) is 42.1 Å². The lowest BCUT2D eigenvalue weighted by Crippen LogP contribution is -2.49. The molecule has 7 nitrogen and oxygen atoms in total. The summed E-state index contributed by atoms with van der Waals surface area (Å²) in [7, 11) is 0. The normalized spacial score (nSPS) is 25.8. The van der Waals surface area contributed by atoms with Gasteiger partial charge in [-0.25, -0.2) is 4.99 Å². The number of ether oxygens (including phenoxy) is 3. The summed E-state index contributed by atoms with van der Waals surface area (Å²) in [5, 5.41) is 8.68. The molecule has 1 saturated heterocycles. The van der Waals surface area contributed by atoms with Crippen molar-refractivity contribution in [3.05, 3.63) is 54.1 Å². The van der Waals surface area contributed by atoms with Crippen molar-refractivity contribution in [2.24, 2.45) is 4.99 Å². The molecule has 0 bridgehead atoms. The molecule has 0 unspecified atom stereocenters. The fraction of sp³-hybridized carbons (Fsp3) is 0.480. The molecule has 8 heteroatoms. The number of aliphatic imine (C=N–C) groups is 1. The van der Waals surface area contributed by atoms with Crippen molar-refractivity contribution in [2.75, 3.05) is 78.8 Å². The van der Waals surface area contributed by atoms with Crippen LogP contribution < -0.4 is 0 Å². The van der Waals surface area contributed by atoms with Gasteiger partial charge in [0.15, 0.2) is 0 Å². The number of para-hydroxylation sites is 1. The molecule has 2 aromatic rings. The van der Waals surface area contributed by atoms with Gasteiger partial charge in [-0.2, -0.15) is 0 Å². The predicted octanol–water partition coefficient (Wildman–Crippen LogP) is 2.89. The number of aliphatic hydroxyl groups excluding tert-OH is 1. The summed E-state index contributed by atoms with van der Waals surface area (Å²) in [4.78, 5) is 7.08. The Kier molecular flexibility index (Phi) is 6.29. The summed E-state index contributed by atoms with van der Waals surface area (Å²) >= 11 is 1.37. The van der Waals surface area contributed by atoms with Gasteiger partial charge in [-0.15, -0.1) is 0 Å². The second kappa shape index (κ2) is 13.1. The molecule has 0 amide bonds. The molecule has 0 aliphatic carbocycles. The van der Waals surface area contributed by atoms with E-state index in [-0.39, 0.29) is 45.5 Å². The Morgan fingerprint density at radius 3 is 2.21 bits per heavy atom. The topological polar surface area (TPSA) is 66.8 Å². The van der Waals surface area contributed by atoms with Gasteiger partial charge in [-0.3, -0.25) is 4.90 Å². The lowest BCUT2D eigenvalue weighted by molar-refractivity contribution is 0.00348. The zero-order valence-corrected chi connectivity index (χ0v) is 19.0. The van der Waals surface area contributed by atoms with E-state index in [0.717, 1.165) is 4.90 Å². The molecule has 33 heavy (non-hydrogen) atoms. The number of amidine groups is 1. The number of hydrogen-bond acceptors (Lipinski definition) is 8. The van der Waals surface area contributed by atoms with Gasteiger partial charge in [-0.05, 0) is 18.2 Å². The van der Waals surface area contributed by atoms with E-state index in [1.807, 2.05) is 12.1 Å². The highest BCUT2D eigenvalue weighted by atomic mass is 32.2. The van der Waals surface area contributed by atoms with Crippen molar-refractivity contribution in [1.82, 2.24) is 9.80 Å². The van der Waals surface area contributed by atoms with Crippen LogP contribution in [0.1, 0.15) is 16.5 Å². The number of piperazine rings is 1. The largest absolute Gasteiger partial charge is 0.394 e. The van der Waals surface area contributed by atoms with Gasteiger partial charge in [0.05, 0.1) is 57.4 Å². The number of nitrogens with zero attached hydrogens (tertiary/aromatic N) is 3. The third-order valence-electron chi connectivity index (χ3n) is 4.68. The van der Waals surface area contributed by atoms with Crippen molar-refractivity contribution in [2.45, 2.75) is 9.79 Å². The monoisotopic (exact) mass is 479 g/mol. The van der Waals surface area contributed by atoms with Crippen LogP contribution in [0.4, 0.5) is 5.69 Å². The van der Waals surface area contributed by atoms with Crippen LogP contribution in [0.15, 0.2) is 63.3 Å². The number of hydrogen-bond donors (Lipinski definition) is 1. The molecular formula is C25H33N3O4S. The summed E-state index contributed by atoms with van der Waals surface area (Å²) in [5.74, 6) is -0.197. The van der Waals surface area contributed by atoms with E-state index < -0.39 is 32.5 Å². The lowest BCUT2D eigenvalue weighted by atomic mass is 10.1. The van der Waals surface area contributed by atoms with Crippen LogP contribution in [-0.2, 0) is 14.2 Å². The molecule has 2 aromatic carbocycles. The molecule has 0 saturated carbocycles. The molecule has 178 valence electrons. The van der Waals surface area contributed by atoms with Gasteiger partial charge in [0.2, 0.25) is 0 Å². The van der Waals surface area contributed by atoms with Crippen molar-refractivity contribution in [1.29, 1.82) is 0 Å². The molecule has 1 fully saturated rings. The van der Waals surface area contributed by atoms with Crippen LogP contribution >= 0.6 is 11.8 Å². The Balaban J connectivity index is 1.59. The fourth-order valence-electron chi connectivity index (χ4n) is 3.10. The Morgan fingerprint density at radius 2 is 1.45 bits per heavy atom. The first-order valence-corrected chi connectivity index (χ1v) is 11.6. The Bertz CT molecular complexity index is 1210. The first kappa shape index (κ1) is 15.9. The summed E-state index contributed by atoms with van der Waals surface area (Å²) in [6, 6.07) is 14.0. The quantitative estimate of drug-likeness (QED) is 0.497. The van der Waals surface area contributed by atoms with Crippen molar-refractivity contribution >= 4 is 23.3 Å². The Labute approximate surface area is 211 Å². The minimum absolute atomic E-state index is 0.0807. The molecule has 0 spiro atoms. The van der Waals surface area contributed by atoms with Crippen LogP contribution in [-0.4, -0.2) is 99.5 Å². The summed E-state index contributed by atoms with van der Waals surface area (Å²) < 4.78 is 86.6. The van der Waals surface area contributed by atoms with Gasteiger partial charge < -0.3 is 24.2 Å².